The summed E-state index contributed by atoms with van der Waals surface area (Å²) in [6.45, 7) is 5.81. The van der Waals surface area contributed by atoms with Crippen LogP contribution in [-0.2, 0) is 9.59 Å². The largest absolute Gasteiger partial charge is 0.481 e. The molecule has 2 aromatic carbocycles. The van der Waals surface area contributed by atoms with Crippen LogP contribution in [0.5, 0.6) is 0 Å². The second kappa shape index (κ2) is 10.7. The van der Waals surface area contributed by atoms with E-state index in [0.717, 1.165) is 16.3 Å². The molecule has 0 aliphatic rings. The predicted octanol–water partition coefficient (Wildman–Crippen LogP) is 4.02. The number of carbonyl (C=O) groups is 3. The van der Waals surface area contributed by atoms with E-state index in [9.17, 15) is 19.5 Å². The summed E-state index contributed by atoms with van der Waals surface area (Å²) in [5, 5.41) is 16.8. The molecule has 0 unspecified atom stereocenters. The highest BCUT2D eigenvalue weighted by atomic mass is 16.4. The topological polar surface area (TPSA) is 108 Å². The Bertz CT molecular complexity index is 1160. The lowest BCUT2D eigenvalue weighted by molar-refractivity contribution is -0.137. The summed E-state index contributed by atoms with van der Waals surface area (Å²) in [6, 6.07) is 15.1. The van der Waals surface area contributed by atoms with Crippen LogP contribution in [-0.4, -0.2) is 33.9 Å². The highest BCUT2D eigenvalue weighted by Gasteiger charge is 2.27. The van der Waals surface area contributed by atoms with Crippen molar-refractivity contribution < 1.29 is 19.5 Å². The fourth-order valence-corrected chi connectivity index (χ4v) is 3.73. The summed E-state index contributed by atoms with van der Waals surface area (Å²) in [7, 11) is 0. The summed E-state index contributed by atoms with van der Waals surface area (Å²) in [5.41, 5.74) is 1.89. The summed E-state index contributed by atoms with van der Waals surface area (Å²) in [5.74, 6) is -1.77. The number of hydrogen-bond donors (Lipinski definition) is 3. The standard InChI is InChI=1S/C26H29N3O4/c1-16(2)11-23(29-25(32)22-13-18-8-4-5-9-20(18)15-27-22)26(33)28-21(14-24(30)31)19-10-6-7-17(3)12-19/h4-10,12-13,15-16,21,23H,11,14H2,1-3H3,(H,28,33)(H,29,32)(H,30,31)/t21-,23+/m1/s1. The van der Waals surface area contributed by atoms with Crippen molar-refractivity contribution in [2.45, 2.75) is 45.7 Å². The molecule has 2 atom stereocenters. The summed E-state index contributed by atoms with van der Waals surface area (Å²) in [6.07, 6.45) is 1.77. The smallest absolute Gasteiger partial charge is 0.305 e. The van der Waals surface area contributed by atoms with Crippen molar-refractivity contribution in [2.75, 3.05) is 0 Å². The van der Waals surface area contributed by atoms with Gasteiger partial charge in [-0.05, 0) is 36.3 Å². The Labute approximate surface area is 193 Å². The van der Waals surface area contributed by atoms with E-state index in [4.69, 9.17) is 0 Å². The van der Waals surface area contributed by atoms with Crippen LogP contribution in [0.25, 0.3) is 10.8 Å². The van der Waals surface area contributed by atoms with E-state index >= 15 is 0 Å². The average molecular weight is 448 g/mol. The molecular formula is C26H29N3O4. The molecule has 0 fully saturated rings. The molecule has 0 saturated heterocycles. The molecule has 0 aliphatic carbocycles. The van der Waals surface area contributed by atoms with Gasteiger partial charge in [0.05, 0.1) is 12.5 Å². The van der Waals surface area contributed by atoms with Crippen molar-refractivity contribution >= 4 is 28.6 Å². The van der Waals surface area contributed by atoms with Crippen molar-refractivity contribution in [1.82, 2.24) is 15.6 Å². The number of nitrogens with one attached hydrogen (secondary N) is 2. The number of aryl methyl sites for hydroxylation is 1. The Morgan fingerprint density at radius 3 is 2.36 bits per heavy atom. The van der Waals surface area contributed by atoms with Gasteiger partial charge in [0, 0.05) is 11.6 Å². The Hall–Kier alpha value is -3.74. The highest BCUT2D eigenvalue weighted by Crippen LogP contribution is 2.19. The van der Waals surface area contributed by atoms with Crippen molar-refractivity contribution in [1.29, 1.82) is 0 Å². The molecule has 172 valence electrons. The van der Waals surface area contributed by atoms with Crippen molar-refractivity contribution in [3.63, 3.8) is 0 Å². The first-order chi connectivity index (χ1) is 15.7. The Balaban J connectivity index is 1.80. The van der Waals surface area contributed by atoms with E-state index in [2.05, 4.69) is 15.6 Å². The molecular weight excluding hydrogens is 418 g/mol. The molecule has 33 heavy (non-hydrogen) atoms. The van der Waals surface area contributed by atoms with E-state index < -0.39 is 29.9 Å². The first-order valence-electron chi connectivity index (χ1n) is 11.0. The maximum absolute atomic E-state index is 13.2. The van der Waals surface area contributed by atoms with Crippen LogP contribution in [0.2, 0.25) is 0 Å². The zero-order valence-electron chi connectivity index (χ0n) is 19.0. The fraction of sp³-hybridized carbons (Fsp3) is 0.308. The Morgan fingerprint density at radius 1 is 0.970 bits per heavy atom. The molecule has 3 N–H and O–H groups in total. The van der Waals surface area contributed by atoms with Crippen LogP contribution in [0.3, 0.4) is 0 Å². The number of aliphatic carboxylic acids is 1. The van der Waals surface area contributed by atoms with Crippen molar-refractivity contribution in [2.24, 2.45) is 5.92 Å². The van der Waals surface area contributed by atoms with Crippen LogP contribution in [0.15, 0.2) is 60.8 Å². The van der Waals surface area contributed by atoms with Gasteiger partial charge in [-0.15, -0.1) is 0 Å². The first kappa shape index (κ1) is 23.9. The van der Waals surface area contributed by atoms with E-state index in [1.807, 2.05) is 63.2 Å². The van der Waals surface area contributed by atoms with Crippen LogP contribution < -0.4 is 10.6 Å². The van der Waals surface area contributed by atoms with Gasteiger partial charge in [-0.3, -0.25) is 19.4 Å². The fourth-order valence-electron chi connectivity index (χ4n) is 3.73. The van der Waals surface area contributed by atoms with Crippen LogP contribution in [0.4, 0.5) is 0 Å². The van der Waals surface area contributed by atoms with Gasteiger partial charge in [-0.25, -0.2) is 0 Å². The highest BCUT2D eigenvalue weighted by molar-refractivity contribution is 5.98. The number of carboxylic acids is 1. The third kappa shape index (κ3) is 6.62. The van der Waals surface area contributed by atoms with Gasteiger partial charge in [-0.1, -0.05) is 67.9 Å². The number of pyridine rings is 1. The number of hydrogen-bond acceptors (Lipinski definition) is 4. The van der Waals surface area contributed by atoms with Crippen LogP contribution in [0.1, 0.15) is 54.3 Å². The number of nitrogens with zero attached hydrogens (tertiary/aromatic N) is 1. The lowest BCUT2D eigenvalue weighted by Gasteiger charge is -2.24. The monoisotopic (exact) mass is 447 g/mol. The maximum Gasteiger partial charge on any atom is 0.305 e. The second-order valence-corrected chi connectivity index (χ2v) is 8.65. The number of amides is 2. The number of aromatic nitrogens is 1. The SMILES string of the molecule is Cc1cccc([C@@H](CC(=O)O)NC(=O)[C@H](CC(C)C)NC(=O)c2cc3ccccc3cn2)c1. The van der Waals surface area contributed by atoms with E-state index in [1.54, 1.807) is 18.3 Å². The minimum Gasteiger partial charge on any atom is -0.481 e. The van der Waals surface area contributed by atoms with Crippen molar-refractivity contribution in [3.05, 3.63) is 77.6 Å². The molecule has 3 rings (SSSR count). The number of carboxylic acid groups (broad SMARTS) is 1. The molecule has 3 aromatic rings. The first-order valence-corrected chi connectivity index (χ1v) is 11.0. The molecule has 1 aromatic heterocycles. The minimum absolute atomic E-state index is 0.127. The Morgan fingerprint density at radius 2 is 1.70 bits per heavy atom. The molecule has 1 heterocycles. The molecule has 7 heteroatoms. The quantitative estimate of drug-likeness (QED) is 0.459. The van der Waals surface area contributed by atoms with Gasteiger partial charge in [0.1, 0.15) is 11.7 Å². The van der Waals surface area contributed by atoms with Gasteiger partial charge in [0.2, 0.25) is 5.91 Å². The summed E-state index contributed by atoms with van der Waals surface area (Å²) in [4.78, 5) is 41.8. The minimum atomic E-state index is -1.02. The normalized spacial score (nSPS) is 12.8. The van der Waals surface area contributed by atoms with Gasteiger partial charge in [0.15, 0.2) is 0 Å². The van der Waals surface area contributed by atoms with Crippen LogP contribution >= 0.6 is 0 Å². The predicted molar refractivity (Wildman–Crippen MR) is 127 cm³/mol. The Kier molecular flexibility index (Phi) is 7.77. The van der Waals surface area contributed by atoms with E-state index in [1.165, 1.54) is 0 Å². The van der Waals surface area contributed by atoms with Gasteiger partial charge < -0.3 is 15.7 Å². The van der Waals surface area contributed by atoms with Gasteiger partial charge in [-0.2, -0.15) is 0 Å². The van der Waals surface area contributed by atoms with E-state index in [-0.39, 0.29) is 18.0 Å². The zero-order valence-corrected chi connectivity index (χ0v) is 19.0. The molecule has 0 radical (unpaired) electrons. The lowest BCUT2D eigenvalue weighted by Crippen LogP contribution is -2.48. The molecule has 0 bridgehead atoms. The number of fused-ring (bicyclic) bond motifs is 1. The number of carbonyl (C=O) groups excluding carboxylic acids is 2. The zero-order chi connectivity index (χ0) is 24.0. The molecule has 0 saturated carbocycles. The van der Waals surface area contributed by atoms with E-state index in [0.29, 0.717) is 12.0 Å². The average Bonchev–Trinajstić information content (AvgIpc) is 2.77. The number of benzene rings is 2. The van der Waals surface area contributed by atoms with Crippen molar-refractivity contribution in [3.8, 4) is 0 Å². The van der Waals surface area contributed by atoms with Gasteiger partial charge in [0.25, 0.3) is 5.91 Å². The lowest BCUT2D eigenvalue weighted by atomic mass is 9.99. The summed E-state index contributed by atoms with van der Waals surface area (Å²) < 4.78 is 0. The molecule has 0 spiro atoms. The maximum atomic E-state index is 13.2. The third-order valence-corrected chi connectivity index (χ3v) is 5.33. The summed E-state index contributed by atoms with van der Waals surface area (Å²) >= 11 is 0. The second-order valence-electron chi connectivity index (χ2n) is 8.65. The third-order valence-electron chi connectivity index (χ3n) is 5.33. The molecule has 2 amide bonds. The van der Waals surface area contributed by atoms with Gasteiger partial charge >= 0.3 is 5.97 Å². The molecule has 0 aliphatic heterocycles. The van der Waals surface area contributed by atoms with Crippen LogP contribution in [0, 0.1) is 12.8 Å². The number of rotatable bonds is 9. The molecule has 7 nitrogen and oxygen atoms in total.